The predicted octanol–water partition coefficient (Wildman–Crippen LogP) is 14.6. The Bertz CT molecular complexity index is 3230. The molecular weight excluding hydrogens is 719 g/mol. The fourth-order valence-corrected chi connectivity index (χ4v) is 8.20. The van der Waals surface area contributed by atoms with Crippen LogP contribution in [0.3, 0.4) is 0 Å². The number of rotatable bonds is 7. The number of aromatic nitrogens is 3. The fraction of sp³-hybridized carbons (Fsp3) is 0. The molecule has 11 rings (SSSR count). The minimum atomic E-state index is 0.641. The second kappa shape index (κ2) is 14.5. The van der Waals surface area contributed by atoms with E-state index in [1.807, 2.05) is 60.7 Å². The highest BCUT2D eigenvalue weighted by atomic mass is 16.3. The van der Waals surface area contributed by atoms with Gasteiger partial charge >= 0.3 is 0 Å². The van der Waals surface area contributed by atoms with E-state index in [-0.39, 0.29) is 0 Å². The molecule has 0 fully saturated rings. The van der Waals surface area contributed by atoms with Gasteiger partial charge in [0.2, 0.25) is 0 Å². The lowest BCUT2D eigenvalue weighted by atomic mass is 9.93. The number of furan rings is 1. The standard InChI is InChI=1S/C55H35N3O/c1-4-14-38(15-5-1)44-20-10-11-21-45(44)43-32-33-47-50-35-49(46-22-12-13-23-48(46)52(50)59-51(47)34-43)39-28-24-36(25-29-39)37-26-30-42(31-27-37)55-57-53(40-16-6-2-7-17-40)56-54(58-55)41-18-8-3-9-19-41/h1-35H. The van der Waals surface area contributed by atoms with E-state index in [9.17, 15) is 0 Å². The van der Waals surface area contributed by atoms with Crippen molar-refractivity contribution in [2.75, 3.05) is 0 Å². The first-order valence-electron chi connectivity index (χ1n) is 19.8. The third kappa shape index (κ3) is 6.34. The maximum Gasteiger partial charge on any atom is 0.164 e. The van der Waals surface area contributed by atoms with E-state index in [4.69, 9.17) is 19.4 Å². The lowest BCUT2D eigenvalue weighted by molar-refractivity contribution is 0.673. The normalized spacial score (nSPS) is 11.4. The molecule has 0 bridgehead atoms. The van der Waals surface area contributed by atoms with Crippen LogP contribution in [0.5, 0.6) is 0 Å². The van der Waals surface area contributed by atoms with Crippen molar-refractivity contribution in [1.29, 1.82) is 0 Å². The van der Waals surface area contributed by atoms with Crippen molar-refractivity contribution >= 4 is 32.7 Å². The molecule has 0 atom stereocenters. The summed E-state index contributed by atoms with van der Waals surface area (Å²) in [7, 11) is 0. The first kappa shape index (κ1) is 34.3. The van der Waals surface area contributed by atoms with Crippen LogP contribution in [0, 0.1) is 0 Å². The molecule has 0 saturated carbocycles. The first-order chi connectivity index (χ1) is 29.2. The van der Waals surface area contributed by atoms with E-state index in [1.54, 1.807) is 0 Å². The minimum absolute atomic E-state index is 0.641. The minimum Gasteiger partial charge on any atom is -0.455 e. The largest absolute Gasteiger partial charge is 0.455 e. The zero-order valence-corrected chi connectivity index (χ0v) is 32.0. The Hall–Kier alpha value is -7.95. The fourth-order valence-electron chi connectivity index (χ4n) is 8.20. The molecule has 2 aromatic heterocycles. The molecule has 0 radical (unpaired) electrons. The summed E-state index contributed by atoms with van der Waals surface area (Å²) in [6, 6.07) is 74.1. The van der Waals surface area contributed by atoms with Crippen LogP contribution in [0.4, 0.5) is 0 Å². The van der Waals surface area contributed by atoms with Crippen molar-refractivity contribution in [2.24, 2.45) is 0 Å². The van der Waals surface area contributed by atoms with Crippen molar-refractivity contribution in [1.82, 2.24) is 15.0 Å². The van der Waals surface area contributed by atoms with Gasteiger partial charge in [-0.05, 0) is 68.1 Å². The van der Waals surface area contributed by atoms with Crippen molar-refractivity contribution in [3.63, 3.8) is 0 Å². The van der Waals surface area contributed by atoms with Crippen LogP contribution in [-0.2, 0) is 0 Å². The topological polar surface area (TPSA) is 51.8 Å². The zero-order valence-electron chi connectivity index (χ0n) is 32.0. The molecule has 2 heterocycles. The summed E-state index contributed by atoms with van der Waals surface area (Å²) >= 11 is 0. The zero-order chi connectivity index (χ0) is 39.1. The molecule has 0 aliphatic heterocycles. The van der Waals surface area contributed by atoms with E-state index in [0.29, 0.717) is 17.5 Å². The molecule has 0 spiro atoms. The average molecular weight is 754 g/mol. The number of benzene rings is 9. The second-order valence-electron chi connectivity index (χ2n) is 14.8. The van der Waals surface area contributed by atoms with Gasteiger partial charge in [-0.25, -0.2) is 15.0 Å². The summed E-state index contributed by atoms with van der Waals surface area (Å²) in [6.07, 6.45) is 0. The molecule has 4 nitrogen and oxygen atoms in total. The molecule has 9 aromatic carbocycles. The molecule has 11 aromatic rings. The van der Waals surface area contributed by atoms with Gasteiger partial charge < -0.3 is 4.42 Å². The summed E-state index contributed by atoms with van der Waals surface area (Å²) in [5.74, 6) is 1.94. The molecule has 4 heteroatoms. The Labute approximate surface area is 341 Å². The van der Waals surface area contributed by atoms with E-state index >= 15 is 0 Å². The van der Waals surface area contributed by atoms with Crippen molar-refractivity contribution in [3.8, 4) is 78.7 Å². The quantitative estimate of drug-likeness (QED) is 0.163. The van der Waals surface area contributed by atoms with Crippen molar-refractivity contribution in [3.05, 3.63) is 212 Å². The van der Waals surface area contributed by atoms with E-state index < -0.39 is 0 Å². The van der Waals surface area contributed by atoms with Gasteiger partial charge in [0, 0.05) is 32.8 Å². The van der Waals surface area contributed by atoms with E-state index in [0.717, 1.165) is 71.7 Å². The summed E-state index contributed by atoms with van der Waals surface area (Å²) < 4.78 is 6.73. The van der Waals surface area contributed by atoms with Crippen LogP contribution in [0.25, 0.3) is 111 Å². The Kier molecular flexibility index (Phi) is 8.45. The van der Waals surface area contributed by atoms with Gasteiger partial charge in [-0.2, -0.15) is 0 Å². The van der Waals surface area contributed by atoms with Gasteiger partial charge in [0.25, 0.3) is 0 Å². The second-order valence-corrected chi connectivity index (χ2v) is 14.8. The SMILES string of the molecule is c1ccc(-c2nc(-c3ccccc3)nc(-c3ccc(-c4ccc(-c5cc6c7ccc(-c8ccccc8-c8ccccc8)cc7oc6c6ccccc56)cc4)cc3)n2)cc1. The monoisotopic (exact) mass is 753 g/mol. The summed E-state index contributed by atoms with van der Waals surface area (Å²) in [4.78, 5) is 14.7. The van der Waals surface area contributed by atoms with Crippen LogP contribution in [0.1, 0.15) is 0 Å². The van der Waals surface area contributed by atoms with Crippen LogP contribution in [0.15, 0.2) is 217 Å². The molecule has 59 heavy (non-hydrogen) atoms. The molecule has 0 unspecified atom stereocenters. The van der Waals surface area contributed by atoms with Crippen molar-refractivity contribution in [2.45, 2.75) is 0 Å². The lowest BCUT2D eigenvalue weighted by Crippen LogP contribution is -2.00. The smallest absolute Gasteiger partial charge is 0.164 e. The van der Waals surface area contributed by atoms with E-state index in [1.165, 1.54) is 22.3 Å². The third-order valence-corrected chi connectivity index (χ3v) is 11.2. The van der Waals surface area contributed by atoms with Gasteiger partial charge in [-0.15, -0.1) is 0 Å². The number of nitrogens with zero attached hydrogens (tertiary/aromatic N) is 3. The summed E-state index contributed by atoms with van der Waals surface area (Å²) in [6.45, 7) is 0. The van der Waals surface area contributed by atoms with Gasteiger partial charge in [0.05, 0.1) is 0 Å². The Morgan fingerprint density at radius 1 is 0.254 bits per heavy atom. The Morgan fingerprint density at radius 2 is 0.661 bits per heavy atom. The molecular formula is C55H35N3O. The maximum absolute atomic E-state index is 6.73. The Balaban J connectivity index is 0.934. The lowest BCUT2D eigenvalue weighted by Gasteiger charge is -2.11. The van der Waals surface area contributed by atoms with Gasteiger partial charge in [-0.1, -0.05) is 194 Å². The van der Waals surface area contributed by atoms with Crippen LogP contribution < -0.4 is 0 Å². The molecule has 0 amide bonds. The predicted molar refractivity (Wildman–Crippen MR) is 243 cm³/mol. The van der Waals surface area contributed by atoms with Crippen molar-refractivity contribution < 1.29 is 4.42 Å². The highest BCUT2D eigenvalue weighted by molar-refractivity contribution is 6.19. The number of hydrogen-bond donors (Lipinski definition) is 0. The van der Waals surface area contributed by atoms with Gasteiger partial charge in [0.1, 0.15) is 11.2 Å². The van der Waals surface area contributed by atoms with Crippen LogP contribution >= 0.6 is 0 Å². The van der Waals surface area contributed by atoms with E-state index in [2.05, 4.69) is 152 Å². The Morgan fingerprint density at radius 3 is 1.24 bits per heavy atom. The highest BCUT2D eigenvalue weighted by Crippen LogP contribution is 2.42. The highest BCUT2D eigenvalue weighted by Gasteiger charge is 2.17. The molecule has 0 aliphatic rings. The number of hydrogen-bond acceptors (Lipinski definition) is 4. The summed E-state index contributed by atoms with van der Waals surface area (Å²) in [5, 5.41) is 4.48. The van der Waals surface area contributed by atoms with Crippen LogP contribution in [-0.4, -0.2) is 15.0 Å². The first-order valence-corrected chi connectivity index (χ1v) is 19.8. The maximum atomic E-state index is 6.73. The van der Waals surface area contributed by atoms with Gasteiger partial charge in [-0.3, -0.25) is 0 Å². The summed E-state index contributed by atoms with van der Waals surface area (Å²) in [5.41, 5.74) is 13.9. The molecule has 276 valence electrons. The van der Waals surface area contributed by atoms with Gasteiger partial charge in [0.15, 0.2) is 17.5 Å². The molecule has 0 saturated heterocycles. The van der Waals surface area contributed by atoms with Crippen LogP contribution in [0.2, 0.25) is 0 Å². The molecule has 0 aliphatic carbocycles. The average Bonchev–Trinajstić information content (AvgIpc) is 3.70. The number of fused-ring (bicyclic) bond motifs is 5. The molecule has 0 N–H and O–H groups in total. The third-order valence-electron chi connectivity index (χ3n) is 11.2.